The summed E-state index contributed by atoms with van der Waals surface area (Å²) < 4.78 is 26.4. The Morgan fingerprint density at radius 2 is 1.62 bits per heavy atom. The monoisotopic (exact) mass is 413 g/mol. The van der Waals surface area contributed by atoms with Gasteiger partial charge < -0.3 is 10.6 Å². The van der Waals surface area contributed by atoms with Crippen molar-refractivity contribution in [3.8, 4) is 0 Å². The first-order valence-electron chi connectivity index (χ1n) is 7.99. The van der Waals surface area contributed by atoms with Gasteiger partial charge in [-0.25, -0.2) is 13.2 Å². The van der Waals surface area contributed by atoms with E-state index in [4.69, 9.17) is 23.2 Å². The molecular weight excluding hydrogens is 397 g/mol. The van der Waals surface area contributed by atoms with Crippen LogP contribution in [-0.4, -0.2) is 31.8 Å². The number of carbonyl (C=O) groups is 1. The first kappa shape index (κ1) is 19.0. The predicted molar refractivity (Wildman–Crippen MR) is 104 cm³/mol. The summed E-state index contributed by atoms with van der Waals surface area (Å²) in [5.41, 5.74) is 0.884. The molecule has 3 rings (SSSR count). The minimum atomic E-state index is -3.47. The minimum Gasteiger partial charge on any atom is -0.308 e. The van der Waals surface area contributed by atoms with Gasteiger partial charge in [-0.15, -0.1) is 0 Å². The number of rotatable bonds is 4. The Kier molecular flexibility index (Phi) is 5.72. The molecule has 1 fully saturated rings. The van der Waals surface area contributed by atoms with Gasteiger partial charge in [-0.1, -0.05) is 23.2 Å². The summed E-state index contributed by atoms with van der Waals surface area (Å²) in [5, 5.41) is 6.03. The van der Waals surface area contributed by atoms with E-state index < -0.39 is 16.1 Å². The Balaban J connectivity index is 1.66. The third kappa shape index (κ3) is 4.29. The third-order valence-corrected chi connectivity index (χ3v) is 6.45. The highest BCUT2D eigenvalue weighted by molar-refractivity contribution is 7.89. The number of halogens is 2. The van der Waals surface area contributed by atoms with Gasteiger partial charge in [0, 0.05) is 23.8 Å². The SMILES string of the molecule is O=C(Nc1ccc(S(=O)(=O)N2CCCC2)cc1)Nc1ccc(Cl)cc1Cl. The number of urea groups is 1. The molecule has 1 saturated heterocycles. The van der Waals surface area contributed by atoms with E-state index in [2.05, 4.69) is 10.6 Å². The zero-order valence-electron chi connectivity index (χ0n) is 13.7. The van der Waals surface area contributed by atoms with Crippen LogP contribution in [0.25, 0.3) is 0 Å². The molecule has 0 atom stereocenters. The van der Waals surface area contributed by atoms with E-state index in [1.165, 1.54) is 22.5 Å². The maximum Gasteiger partial charge on any atom is 0.323 e. The first-order valence-corrected chi connectivity index (χ1v) is 10.2. The van der Waals surface area contributed by atoms with E-state index in [-0.39, 0.29) is 4.90 Å². The second-order valence-electron chi connectivity index (χ2n) is 5.84. The van der Waals surface area contributed by atoms with Crippen molar-refractivity contribution < 1.29 is 13.2 Å². The molecule has 1 aliphatic rings. The van der Waals surface area contributed by atoms with Crippen molar-refractivity contribution in [2.75, 3.05) is 23.7 Å². The Labute approximate surface area is 162 Å². The summed E-state index contributed by atoms with van der Waals surface area (Å²) in [6.45, 7) is 1.10. The normalized spacial score (nSPS) is 15.0. The van der Waals surface area contributed by atoms with Crippen LogP contribution in [0.3, 0.4) is 0 Å². The average Bonchev–Trinajstić information content (AvgIpc) is 3.13. The standard InChI is InChI=1S/C17H17Cl2N3O3S/c18-12-3-8-16(15(19)11-12)21-17(23)20-13-4-6-14(7-5-13)26(24,25)22-9-1-2-10-22/h3-8,11H,1-2,9-10H2,(H2,20,21,23). The van der Waals surface area contributed by atoms with Crippen molar-refractivity contribution in [3.63, 3.8) is 0 Å². The highest BCUT2D eigenvalue weighted by Gasteiger charge is 2.26. The van der Waals surface area contributed by atoms with Crippen molar-refractivity contribution in [2.45, 2.75) is 17.7 Å². The molecule has 0 unspecified atom stereocenters. The van der Waals surface area contributed by atoms with Gasteiger partial charge in [0.25, 0.3) is 0 Å². The Morgan fingerprint density at radius 3 is 2.23 bits per heavy atom. The first-order chi connectivity index (χ1) is 12.4. The molecular formula is C17H17Cl2N3O3S. The predicted octanol–water partition coefficient (Wildman–Crippen LogP) is 4.42. The lowest BCUT2D eigenvalue weighted by Crippen LogP contribution is -2.27. The Hall–Kier alpha value is -1.80. The molecule has 0 bridgehead atoms. The molecule has 9 heteroatoms. The number of nitrogens with one attached hydrogen (secondary N) is 2. The van der Waals surface area contributed by atoms with Crippen LogP contribution >= 0.6 is 23.2 Å². The van der Waals surface area contributed by atoms with Gasteiger partial charge in [-0.3, -0.25) is 0 Å². The molecule has 0 aliphatic carbocycles. The van der Waals surface area contributed by atoms with Gasteiger partial charge >= 0.3 is 6.03 Å². The summed E-state index contributed by atoms with van der Waals surface area (Å²) in [6, 6.07) is 10.3. The van der Waals surface area contributed by atoms with Gasteiger partial charge in [-0.05, 0) is 55.3 Å². The fraction of sp³-hybridized carbons (Fsp3) is 0.235. The maximum atomic E-state index is 12.5. The van der Waals surface area contributed by atoms with Crippen LogP contribution in [0.2, 0.25) is 10.0 Å². The minimum absolute atomic E-state index is 0.214. The largest absolute Gasteiger partial charge is 0.323 e. The summed E-state index contributed by atoms with van der Waals surface area (Å²) in [6.07, 6.45) is 1.76. The van der Waals surface area contributed by atoms with Crippen molar-refractivity contribution in [2.24, 2.45) is 0 Å². The second kappa shape index (κ2) is 7.84. The molecule has 0 saturated carbocycles. The lowest BCUT2D eigenvalue weighted by molar-refractivity contribution is 0.262. The van der Waals surface area contributed by atoms with Gasteiger partial charge in [-0.2, -0.15) is 4.31 Å². The number of anilines is 2. The molecule has 138 valence electrons. The smallest absolute Gasteiger partial charge is 0.308 e. The quantitative estimate of drug-likeness (QED) is 0.778. The number of benzene rings is 2. The molecule has 26 heavy (non-hydrogen) atoms. The van der Waals surface area contributed by atoms with Crippen molar-refractivity contribution >= 4 is 50.6 Å². The molecule has 6 nitrogen and oxygen atoms in total. The van der Waals surface area contributed by atoms with Gasteiger partial charge in [0.1, 0.15) is 0 Å². The zero-order chi connectivity index (χ0) is 18.7. The average molecular weight is 414 g/mol. The van der Waals surface area contributed by atoms with Crippen LogP contribution in [0.4, 0.5) is 16.2 Å². The lowest BCUT2D eigenvalue weighted by Gasteiger charge is -2.15. The van der Waals surface area contributed by atoms with Crippen LogP contribution in [0.5, 0.6) is 0 Å². The molecule has 1 aliphatic heterocycles. The molecule has 0 radical (unpaired) electrons. The number of amides is 2. The van der Waals surface area contributed by atoms with Crippen molar-refractivity contribution in [3.05, 3.63) is 52.5 Å². The van der Waals surface area contributed by atoms with Crippen molar-refractivity contribution in [1.82, 2.24) is 4.31 Å². The van der Waals surface area contributed by atoms with E-state index in [9.17, 15) is 13.2 Å². The fourth-order valence-corrected chi connectivity index (χ4v) is 4.64. The maximum absolute atomic E-state index is 12.5. The highest BCUT2D eigenvalue weighted by Crippen LogP contribution is 2.26. The van der Waals surface area contributed by atoms with E-state index in [0.29, 0.717) is 34.5 Å². The number of nitrogens with zero attached hydrogens (tertiary/aromatic N) is 1. The van der Waals surface area contributed by atoms with Crippen LogP contribution in [-0.2, 0) is 10.0 Å². The summed E-state index contributed by atoms with van der Waals surface area (Å²) in [7, 11) is -3.47. The molecule has 2 amide bonds. The van der Waals surface area contributed by atoms with Gasteiger partial charge in [0.2, 0.25) is 10.0 Å². The number of carbonyl (C=O) groups excluding carboxylic acids is 1. The molecule has 0 spiro atoms. The third-order valence-electron chi connectivity index (χ3n) is 3.99. The second-order valence-corrected chi connectivity index (χ2v) is 8.62. The topological polar surface area (TPSA) is 78.5 Å². The summed E-state index contributed by atoms with van der Waals surface area (Å²) in [4.78, 5) is 12.3. The number of hydrogen-bond acceptors (Lipinski definition) is 3. The highest BCUT2D eigenvalue weighted by atomic mass is 35.5. The van der Waals surface area contributed by atoms with E-state index in [1.807, 2.05) is 0 Å². The van der Waals surface area contributed by atoms with Crippen molar-refractivity contribution in [1.29, 1.82) is 0 Å². The molecule has 0 aromatic heterocycles. The molecule has 2 aromatic rings. The van der Waals surface area contributed by atoms with Gasteiger partial charge in [0.15, 0.2) is 0 Å². The molecule has 2 N–H and O–H groups in total. The number of hydrogen-bond donors (Lipinski definition) is 2. The van der Waals surface area contributed by atoms with Crippen LogP contribution in [0.1, 0.15) is 12.8 Å². The Bertz CT molecular complexity index is 911. The molecule has 1 heterocycles. The Morgan fingerprint density at radius 1 is 0.962 bits per heavy atom. The van der Waals surface area contributed by atoms with E-state index in [0.717, 1.165) is 12.8 Å². The fourth-order valence-electron chi connectivity index (χ4n) is 2.66. The molecule has 2 aromatic carbocycles. The van der Waals surface area contributed by atoms with E-state index in [1.54, 1.807) is 24.3 Å². The lowest BCUT2D eigenvalue weighted by atomic mass is 10.3. The van der Waals surface area contributed by atoms with Crippen LogP contribution < -0.4 is 10.6 Å². The van der Waals surface area contributed by atoms with E-state index >= 15 is 0 Å². The van der Waals surface area contributed by atoms with Gasteiger partial charge in [0.05, 0.1) is 15.6 Å². The summed E-state index contributed by atoms with van der Waals surface area (Å²) in [5.74, 6) is 0. The number of sulfonamides is 1. The van der Waals surface area contributed by atoms with Crippen LogP contribution in [0.15, 0.2) is 47.4 Å². The van der Waals surface area contributed by atoms with Crippen LogP contribution in [0, 0.1) is 0 Å². The summed E-state index contributed by atoms with van der Waals surface area (Å²) >= 11 is 11.8. The zero-order valence-corrected chi connectivity index (χ0v) is 16.0.